The van der Waals surface area contributed by atoms with Gasteiger partial charge in [0.1, 0.15) is 6.04 Å². The van der Waals surface area contributed by atoms with Crippen molar-refractivity contribution < 1.29 is 19.2 Å². The lowest BCUT2D eigenvalue weighted by molar-refractivity contribution is -0.136. The number of amides is 4. The average Bonchev–Trinajstić information content (AvgIpc) is 2.84. The third-order valence-corrected chi connectivity index (χ3v) is 4.56. The molecule has 1 saturated heterocycles. The number of fused-ring (bicyclic) bond motifs is 1. The van der Waals surface area contributed by atoms with E-state index in [1.165, 1.54) is 0 Å². The number of rotatable bonds is 6. The predicted octanol–water partition coefficient (Wildman–Crippen LogP) is 1.69. The van der Waals surface area contributed by atoms with Crippen molar-refractivity contribution in [3.63, 3.8) is 0 Å². The summed E-state index contributed by atoms with van der Waals surface area (Å²) in [6.45, 7) is 2.82. The Balaban J connectivity index is 1.84. The van der Waals surface area contributed by atoms with Crippen molar-refractivity contribution in [2.24, 2.45) is 0 Å². The number of benzene rings is 1. The molecular formula is C18H21N3O4. The zero-order valence-electron chi connectivity index (χ0n) is 14.1. The average molecular weight is 343 g/mol. The Kier molecular flexibility index (Phi) is 4.83. The van der Waals surface area contributed by atoms with Crippen LogP contribution in [0.2, 0.25) is 0 Å². The lowest BCUT2D eigenvalue weighted by atomic mass is 10.0. The van der Waals surface area contributed by atoms with Gasteiger partial charge in [-0.3, -0.25) is 29.4 Å². The number of hydrogen-bond donors (Lipinski definition) is 2. The Labute approximate surface area is 145 Å². The van der Waals surface area contributed by atoms with Gasteiger partial charge in [-0.05, 0) is 25.0 Å². The quantitative estimate of drug-likeness (QED) is 0.605. The van der Waals surface area contributed by atoms with E-state index in [9.17, 15) is 19.2 Å². The highest BCUT2D eigenvalue weighted by molar-refractivity contribution is 6.25. The van der Waals surface area contributed by atoms with Gasteiger partial charge in [-0.15, -0.1) is 0 Å². The topological polar surface area (TPSA) is 95.6 Å². The van der Waals surface area contributed by atoms with E-state index in [1.54, 1.807) is 18.2 Å². The summed E-state index contributed by atoms with van der Waals surface area (Å²) in [5, 5.41) is 5.42. The lowest BCUT2D eigenvalue weighted by Gasteiger charge is -2.27. The van der Waals surface area contributed by atoms with Crippen molar-refractivity contribution >= 4 is 29.3 Å². The van der Waals surface area contributed by atoms with Gasteiger partial charge < -0.3 is 5.32 Å². The molecular weight excluding hydrogens is 322 g/mol. The van der Waals surface area contributed by atoms with Crippen molar-refractivity contribution in [1.82, 2.24) is 10.2 Å². The van der Waals surface area contributed by atoms with E-state index in [-0.39, 0.29) is 18.7 Å². The number of hydrogen-bond acceptors (Lipinski definition) is 5. The largest absolute Gasteiger partial charge is 0.384 e. The zero-order valence-corrected chi connectivity index (χ0v) is 14.1. The monoisotopic (exact) mass is 343 g/mol. The summed E-state index contributed by atoms with van der Waals surface area (Å²) >= 11 is 0. The summed E-state index contributed by atoms with van der Waals surface area (Å²) in [6, 6.07) is 4.15. The zero-order chi connectivity index (χ0) is 18.0. The van der Waals surface area contributed by atoms with Crippen LogP contribution in [0.4, 0.5) is 5.69 Å². The van der Waals surface area contributed by atoms with Gasteiger partial charge in [0.25, 0.3) is 11.8 Å². The minimum absolute atomic E-state index is 0.117. The van der Waals surface area contributed by atoms with Gasteiger partial charge in [-0.2, -0.15) is 0 Å². The second-order valence-corrected chi connectivity index (χ2v) is 6.31. The van der Waals surface area contributed by atoms with Crippen molar-refractivity contribution in [3.05, 3.63) is 29.3 Å². The number of carbonyl (C=O) groups is 4. The highest BCUT2D eigenvalue weighted by Crippen LogP contribution is 2.32. The molecule has 0 radical (unpaired) electrons. The van der Waals surface area contributed by atoms with Crippen LogP contribution < -0.4 is 10.6 Å². The molecule has 0 bridgehead atoms. The molecule has 1 unspecified atom stereocenters. The number of piperidine rings is 1. The van der Waals surface area contributed by atoms with Gasteiger partial charge in [-0.25, -0.2) is 0 Å². The van der Waals surface area contributed by atoms with Crippen LogP contribution in [-0.4, -0.2) is 41.1 Å². The second-order valence-electron chi connectivity index (χ2n) is 6.31. The molecule has 2 N–H and O–H groups in total. The standard InChI is InChI=1S/C18H21N3O4/c1-2-3-4-10-19-12-7-5-6-11-15(12)18(25)21(17(11)24)13-8-9-14(22)20-16(13)23/h5-7,13,19H,2-4,8-10H2,1H3,(H,20,22,23). The van der Waals surface area contributed by atoms with Crippen LogP contribution in [0.15, 0.2) is 18.2 Å². The van der Waals surface area contributed by atoms with E-state index in [0.717, 1.165) is 24.2 Å². The van der Waals surface area contributed by atoms with Crippen molar-refractivity contribution in [1.29, 1.82) is 0 Å². The van der Waals surface area contributed by atoms with Crippen LogP contribution in [0.3, 0.4) is 0 Å². The van der Waals surface area contributed by atoms with Gasteiger partial charge >= 0.3 is 0 Å². The third kappa shape index (κ3) is 3.14. The molecule has 2 heterocycles. The first-order valence-electron chi connectivity index (χ1n) is 8.63. The summed E-state index contributed by atoms with van der Waals surface area (Å²) < 4.78 is 0. The molecule has 0 aromatic heterocycles. The minimum atomic E-state index is -0.932. The summed E-state index contributed by atoms with van der Waals surface area (Å²) in [6.07, 6.45) is 3.42. The van der Waals surface area contributed by atoms with Gasteiger partial charge in [0, 0.05) is 18.7 Å². The molecule has 0 spiro atoms. The van der Waals surface area contributed by atoms with E-state index in [1.807, 2.05) is 0 Å². The first kappa shape index (κ1) is 17.1. The normalized spacial score (nSPS) is 19.9. The molecule has 0 aliphatic carbocycles. The Hall–Kier alpha value is -2.70. The van der Waals surface area contributed by atoms with Crippen LogP contribution >= 0.6 is 0 Å². The Morgan fingerprint density at radius 1 is 1.16 bits per heavy atom. The molecule has 7 nitrogen and oxygen atoms in total. The number of nitrogens with zero attached hydrogens (tertiary/aromatic N) is 1. The van der Waals surface area contributed by atoms with Gasteiger partial charge in [-0.1, -0.05) is 25.8 Å². The maximum absolute atomic E-state index is 12.8. The van der Waals surface area contributed by atoms with E-state index >= 15 is 0 Å². The van der Waals surface area contributed by atoms with E-state index in [2.05, 4.69) is 17.6 Å². The number of nitrogens with one attached hydrogen (secondary N) is 2. The Morgan fingerprint density at radius 3 is 2.68 bits per heavy atom. The van der Waals surface area contributed by atoms with E-state index < -0.39 is 23.8 Å². The van der Waals surface area contributed by atoms with Crippen molar-refractivity contribution in [2.75, 3.05) is 11.9 Å². The fourth-order valence-electron chi connectivity index (χ4n) is 3.26. The molecule has 4 amide bonds. The van der Waals surface area contributed by atoms with Crippen molar-refractivity contribution in [2.45, 2.75) is 45.1 Å². The second kappa shape index (κ2) is 7.04. The SMILES string of the molecule is CCCCCNc1cccc2c1C(=O)N(C1CCC(=O)NC1=O)C2=O. The van der Waals surface area contributed by atoms with Crippen LogP contribution in [0, 0.1) is 0 Å². The third-order valence-electron chi connectivity index (χ3n) is 4.56. The molecule has 3 rings (SSSR count). The summed E-state index contributed by atoms with van der Waals surface area (Å²) in [5.41, 5.74) is 1.23. The predicted molar refractivity (Wildman–Crippen MR) is 91.1 cm³/mol. The van der Waals surface area contributed by atoms with Crippen LogP contribution in [-0.2, 0) is 9.59 Å². The van der Waals surface area contributed by atoms with Crippen molar-refractivity contribution in [3.8, 4) is 0 Å². The molecule has 1 aromatic rings. The maximum atomic E-state index is 12.8. The molecule has 1 fully saturated rings. The minimum Gasteiger partial charge on any atom is -0.384 e. The smallest absolute Gasteiger partial charge is 0.264 e. The van der Waals surface area contributed by atoms with Crippen LogP contribution in [0.25, 0.3) is 0 Å². The Morgan fingerprint density at radius 2 is 1.96 bits per heavy atom. The molecule has 2 aliphatic heterocycles. The summed E-state index contributed by atoms with van der Waals surface area (Å²) in [5.74, 6) is -1.93. The van der Waals surface area contributed by atoms with E-state index in [0.29, 0.717) is 23.4 Å². The van der Waals surface area contributed by atoms with Crippen LogP contribution in [0.5, 0.6) is 0 Å². The first-order chi connectivity index (χ1) is 12.0. The fourth-order valence-corrected chi connectivity index (χ4v) is 3.26. The van der Waals surface area contributed by atoms with Gasteiger partial charge in [0.15, 0.2) is 0 Å². The number of anilines is 1. The Bertz CT molecular complexity index is 744. The summed E-state index contributed by atoms with van der Waals surface area (Å²) in [4.78, 5) is 49.9. The molecule has 0 saturated carbocycles. The molecule has 1 aromatic carbocycles. The van der Waals surface area contributed by atoms with Gasteiger partial charge in [0.2, 0.25) is 11.8 Å². The number of unbranched alkanes of at least 4 members (excludes halogenated alkanes) is 2. The fraction of sp³-hybridized carbons (Fsp3) is 0.444. The first-order valence-corrected chi connectivity index (χ1v) is 8.63. The molecule has 1 atom stereocenters. The molecule has 132 valence electrons. The molecule has 25 heavy (non-hydrogen) atoms. The number of imide groups is 2. The highest BCUT2D eigenvalue weighted by atomic mass is 16.2. The van der Waals surface area contributed by atoms with E-state index in [4.69, 9.17) is 0 Å². The summed E-state index contributed by atoms with van der Waals surface area (Å²) in [7, 11) is 0. The highest BCUT2D eigenvalue weighted by Gasteiger charge is 2.45. The lowest BCUT2D eigenvalue weighted by Crippen LogP contribution is -2.54. The molecule has 2 aliphatic rings. The van der Waals surface area contributed by atoms with Crippen LogP contribution in [0.1, 0.15) is 59.7 Å². The maximum Gasteiger partial charge on any atom is 0.264 e. The number of carbonyl (C=O) groups excluding carboxylic acids is 4. The van der Waals surface area contributed by atoms with Gasteiger partial charge in [0.05, 0.1) is 11.1 Å². The molecule has 7 heteroatoms.